The number of carbonyl (C=O) groups is 1. The van der Waals surface area contributed by atoms with Crippen LogP contribution in [0.15, 0.2) is 59.5 Å². The van der Waals surface area contributed by atoms with Gasteiger partial charge in [-0.3, -0.25) is 0 Å². The van der Waals surface area contributed by atoms with Gasteiger partial charge in [0.1, 0.15) is 6.61 Å². The lowest BCUT2D eigenvalue weighted by Gasteiger charge is -2.11. The minimum atomic E-state index is -3.49. The molecule has 0 unspecified atom stereocenters. The Kier molecular flexibility index (Phi) is 4.95. The quantitative estimate of drug-likeness (QED) is 0.793. The van der Waals surface area contributed by atoms with E-state index in [0.717, 1.165) is 9.87 Å². The molecular weight excluding hydrogens is 302 g/mol. The molecule has 0 aliphatic heterocycles. The summed E-state index contributed by atoms with van der Waals surface area (Å²) in [5, 5.41) is 0. The molecule has 0 radical (unpaired) electrons. The van der Waals surface area contributed by atoms with Crippen LogP contribution in [-0.2, 0) is 21.4 Å². The summed E-state index contributed by atoms with van der Waals surface area (Å²) < 4.78 is 30.2. The van der Waals surface area contributed by atoms with E-state index in [2.05, 4.69) is 0 Å². The molecule has 2 rings (SSSR count). The predicted molar refractivity (Wildman–Crippen MR) is 82.9 cm³/mol. The summed E-state index contributed by atoms with van der Waals surface area (Å²) in [5.74, 6) is -0.488. The van der Waals surface area contributed by atoms with Crippen molar-refractivity contribution in [3.8, 4) is 0 Å². The Bertz CT molecular complexity index is 737. The molecule has 0 saturated carbocycles. The minimum Gasteiger partial charge on any atom is -0.457 e. The molecule has 5 nitrogen and oxygen atoms in total. The van der Waals surface area contributed by atoms with Crippen molar-refractivity contribution in [1.82, 2.24) is 4.31 Å². The van der Waals surface area contributed by atoms with Crippen molar-refractivity contribution >= 4 is 16.0 Å². The summed E-state index contributed by atoms with van der Waals surface area (Å²) in [5.41, 5.74) is 1.20. The van der Waals surface area contributed by atoms with Crippen molar-refractivity contribution in [2.75, 3.05) is 14.1 Å². The average Bonchev–Trinajstić information content (AvgIpc) is 2.53. The topological polar surface area (TPSA) is 63.7 Å². The largest absolute Gasteiger partial charge is 0.457 e. The summed E-state index contributed by atoms with van der Waals surface area (Å²) >= 11 is 0. The van der Waals surface area contributed by atoms with Gasteiger partial charge in [0, 0.05) is 14.1 Å². The molecule has 2 aromatic rings. The van der Waals surface area contributed by atoms with Crippen LogP contribution in [0.25, 0.3) is 0 Å². The van der Waals surface area contributed by atoms with Gasteiger partial charge < -0.3 is 4.74 Å². The second-order valence-corrected chi connectivity index (χ2v) is 7.03. The van der Waals surface area contributed by atoms with Crippen LogP contribution in [0.5, 0.6) is 0 Å². The molecule has 0 aromatic heterocycles. The van der Waals surface area contributed by atoms with E-state index in [1.54, 1.807) is 0 Å². The standard InChI is InChI=1S/C16H17NO4S/c1-17(2)22(19,20)15-10-8-14(9-11-15)16(18)21-12-13-6-4-3-5-7-13/h3-11H,12H2,1-2H3. The zero-order valence-corrected chi connectivity index (χ0v) is 13.2. The van der Waals surface area contributed by atoms with Crippen LogP contribution in [0, 0.1) is 0 Å². The van der Waals surface area contributed by atoms with Crippen molar-refractivity contribution in [1.29, 1.82) is 0 Å². The molecule has 6 heteroatoms. The van der Waals surface area contributed by atoms with Crippen molar-refractivity contribution in [3.63, 3.8) is 0 Å². The molecule has 0 saturated heterocycles. The van der Waals surface area contributed by atoms with Crippen LogP contribution >= 0.6 is 0 Å². The van der Waals surface area contributed by atoms with Gasteiger partial charge in [-0.15, -0.1) is 0 Å². The fraction of sp³-hybridized carbons (Fsp3) is 0.188. The second kappa shape index (κ2) is 6.72. The highest BCUT2D eigenvalue weighted by atomic mass is 32.2. The summed E-state index contributed by atoms with van der Waals surface area (Å²) in [6.07, 6.45) is 0. The van der Waals surface area contributed by atoms with Gasteiger partial charge in [0.2, 0.25) is 10.0 Å². The number of ether oxygens (including phenoxy) is 1. The highest BCUT2D eigenvalue weighted by Crippen LogP contribution is 2.15. The summed E-state index contributed by atoms with van der Waals surface area (Å²) in [4.78, 5) is 12.1. The second-order valence-electron chi connectivity index (χ2n) is 4.87. The Hall–Kier alpha value is -2.18. The molecule has 0 aliphatic carbocycles. The first-order valence-electron chi connectivity index (χ1n) is 6.65. The van der Waals surface area contributed by atoms with E-state index in [0.29, 0.717) is 5.56 Å². The summed E-state index contributed by atoms with van der Waals surface area (Å²) in [6, 6.07) is 15.0. The molecule has 0 spiro atoms. The van der Waals surface area contributed by atoms with Gasteiger partial charge in [-0.05, 0) is 29.8 Å². The molecule has 0 aliphatic rings. The number of hydrogen-bond acceptors (Lipinski definition) is 4. The summed E-state index contributed by atoms with van der Waals surface area (Å²) in [7, 11) is -0.582. The third-order valence-corrected chi connectivity index (χ3v) is 4.91. The number of rotatable bonds is 5. The smallest absolute Gasteiger partial charge is 0.338 e. The Balaban J connectivity index is 2.06. The third-order valence-electron chi connectivity index (χ3n) is 3.08. The first-order valence-corrected chi connectivity index (χ1v) is 8.09. The number of sulfonamides is 1. The highest BCUT2D eigenvalue weighted by molar-refractivity contribution is 7.89. The van der Waals surface area contributed by atoms with E-state index in [9.17, 15) is 13.2 Å². The SMILES string of the molecule is CN(C)S(=O)(=O)c1ccc(C(=O)OCc2ccccc2)cc1. The summed E-state index contributed by atoms with van der Waals surface area (Å²) in [6.45, 7) is 0.178. The van der Waals surface area contributed by atoms with E-state index < -0.39 is 16.0 Å². The molecule has 0 atom stereocenters. The first-order chi connectivity index (χ1) is 10.4. The zero-order valence-electron chi connectivity index (χ0n) is 12.4. The lowest BCUT2D eigenvalue weighted by molar-refractivity contribution is 0.0472. The van der Waals surface area contributed by atoms with Crippen LogP contribution in [0.4, 0.5) is 0 Å². The molecule has 2 aromatic carbocycles. The monoisotopic (exact) mass is 319 g/mol. The van der Waals surface area contributed by atoms with E-state index in [1.165, 1.54) is 38.4 Å². The van der Waals surface area contributed by atoms with Crippen LogP contribution in [0.2, 0.25) is 0 Å². The van der Waals surface area contributed by atoms with Crippen molar-refractivity contribution in [3.05, 3.63) is 65.7 Å². The van der Waals surface area contributed by atoms with Gasteiger partial charge >= 0.3 is 5.97 Å². The lowest BCUT2D eigenvalue weighted by Crippen LogP contribution is -2.22. The average molecular weight is 319 g/mol. The van der Waals surface area contributed by atoms with Crippen molar-refractivity contribution in [2.24, 2.45) is 0 Å². The Labute approximate surface area is 130 Å². The van der Waals surface area contributed by atoms with Crippen LogP contribution < -0.4 is 0 Å². The number of hydrogen-bond donors (Lipinski definition) is 0. The molecule has 22 heavy (non-hydrogen) atoms. The molecule has 0 heterocycles. The Morgan fingerprint density at radius 3 is 2.14 bits per heavy atom. The van der Waals surface area contributed by atoms with Crippen molar-refractivity contribution in [2.45, 2.75) is 11.5 Å². The number of carbonyl (C=O) groups excluding carboxylic acids is 1. The van der Waals surface area contributed by atoms with Crippen LogP contribution in [0.3, 0.4) is 0 Å². The maximum absolute atomic E-state index is 11.9. The molecule has 0 N–H and O–H groups in total. The first kappa shape index (κ1) is 16.2. The number of nitrogens with zero attached hydrogens (tertiary/aromatic N) is 1. The van der Waals surface area contributed by atoms with Gasteiger partial charge in [-0.25, -0.2) is 17.5 Å². The van der Waals surface area contributed by atoms with E-state index in [-0.39, 0.29) is 11.5 Å². The third kappa shape index (κ3) is 3.72. The minimum absolute atomic E-state index is 0.136. The van der Waals surface area contributed by atoms with Crippen LogP contribution in [-0.4, -0.2) is 32.8 Å². The molecular formula is C16H17NO4S. The van der Waals surface area contributed by atoms with E-state index in [1.807, 2.05) is 30.3 Å². The van der Waals surface area contributed by atoms with Gasteiger partial charge in [0.25, 0.3) is 0 Å². The van der Waals surface area contributed by atoms with Gasteiger partial charge in [0.15, 0.2) is 0 Å². The van der Waals surface area contributed by atoms with E-state index >= 15 is 0 Å². The van der Waals surface area contributed by atoms with Gasteiger partial charge in [-0.1, -0.05) is 30.3 Å². The Morgan fingerprint density at radius 2 is 1.59 bits per heavy atom. The van der Waals surface area contributed by atoms with Gasteiger partial charge in [-0.2, -0.15) is 0 Å². The zero-order chi connectivity index (χ0) is 16.2. The van der Waals surface area contributed by atoms with Gasteiger partial charge in [0.05, 0.1) is 10.5 Å². The maximum atomic E-state index is 11.9. The maximum Gasteiger partial charge on any atom is 0.338 e. The molecule has 0 bridgehead atoms. The fourth-order valence-electron chi connectivity index (χ4n) is 1.78. The van der Waals surface area contributed by atoms with Crippen LogP contribution in [0.1, 0.15) is 15.9 Å². The van der Waals surface area contributed by atoms with E-state index in [4.69, 9.17) is 4.74 Å². The molecule has 0 fully saturated rings. The Morgan fingerprint density at radius 1 is 1.00 bits per heavy atom. The highest BCUT2D eigenvalue weighted by Gasteiger charge is 2.17. The molecule has 0 amide bonds. The molecule has 116 valence electrons. The predicted octanol–water partition coefficient (Wildman–Crippen LogP) is 2.29. The number of benzene rings is 2. The fourth-order valence-corrected chi connectivity index (χ4v) is 2.68. The normalized spacial score (nSPS) is 11.4. The lowest BCUT2D eigenvalue weighted by atomic mass is 10.2. The number of esters is 1. The van der Waals surface area contributed by atoms with Crippen molar-refractivity contribution < 1.29 is 17.9 Å².